The molecule has 4 heteroatoms. The first-order valence-corrected chi connectivity index (χ1v) is 8.75. The van der Waals surface area contributed by atoms with Gasteiger partial charge in [0.2, 0.25) is 0 Å². The van der Waals surface area contributed by atoms with Crippen LogP contribution >= 0.6 is 18.5 Å². The van der Waals surface area contributed by atoms with Crippen molar-refractivity contribution in [3.8, 4) is 0 Å². The van der Waals surface area contributed by atoms with Crippen LogP contribution in [0, 0.1) is 0 Å². The molecular formula is C12H15O2PS. The zero-order valence-electron chi connectivity index (χ0n) is 9.04. The lowest BCUT2D eigenvalue weighted by Gasteiger charge is -2.14. The van der Waals surface area contributed by atoms with Gasteiger partial charge in [0.1, 0.15) is 0 Å². The molecule has 3 rings (SSSR count). The summed E-state index contributed by atoms with van der Waals surface area (Å²) in [5.74, 6) is 0. The number of ether oxygens (including phenoxy) is 2. The van der Waals surface area contributed by atoms with Crippen LogP contribution in [0.2, 0.25) is 0 Å². The molecule has 0 spiro atoms. The van der Waals surface area contributed by atoms with Gasteiger partial charge in [0.15, 0.2) is 0 Å². The van der Waals surface area contributed by atoms with Gasteiger partial charge in [0.25, 0.3) is 0 Å². The van der Waals surface area contributed by atoms with Gasteiger partial charge in [-0.2, -0.15) is 0 Å². The normalized spacial score (nSPS) is 28.8. The Morgan fingerprint density at radius 2 is 1.62 bits per heavy atom. The third-order valence-electron chi connectivity index (χ3n) is 2.60. The lowest BCUT2D eigenvalue weighted by Crippen LogP contribution is -1.99. The second-order valence-corrected chi connectivity index (χ2v) is 8.61. The van der Waals surface area contributed by atoms with Crippen LogP contribution in [0.1, 0.15) is 0 Å². The van der Waals surface area contributed by atoms with Gasteiger partial charge >= 0.3 is 0 Å². The Morgan fingerprint density at radius 1 is 1.06 bits per heavy atom. The van der Waals surface area contributed by atoms with E-state index in [1.165, 1.54) is 17.2 Å². The number of benzene rings is 1. The minimum Gasteiger partial charge on any atom is -0.373 e. The first kappa shape index (κ1) is 11.0. The van der Waals surface area contributed by atoms with Gasteiger partial charge in [0, 0.05) is 17.2 Å². The molecule has 1 aromatic carbocycles. The summed E-state index contributed by atoms with van der Waals surface area (Å²) < 4.78 is 10.7. The van der Waals surface area contributed by atoms with Crippen molar-refractivity contribution in [2.45, 2.75) is 17.1 Å². The summed E-state index contributed by atoms with van der Waals surface area (Å²) in [7, 11) is -0.0242. The SMILES string of the molecule is c1ccc(SP(CC2CO2)CC2CO2)cc1. The molecule has 0 saturated carbocycles. The van der Waals surface area contributed by atoms with Crippen LogP contribution in [0.5, 0.6) is 0 Å². The summed E-state index contributed by atoms with van der Waals surface area (Å²) in [5, 5.41) is 0. The number of epoxide rings is 2. The summed E-state index contributed by atoms with van der Waals surface area (Å²) in [6.45, 7) is 1.94. The molecule has 0 radical (unpaired) electrons. The molecule has 0 aromatic heterocycles. The zero-order valence-corrected chi connectivity index (χ0v) is 10.8. The van der Waals surface area contributed by atoms with Crippen molar-refractivity contribution >= 4 is 18.5 Å². The Bertz CT molecular complexity index is 324. The maximum absolute atomic E-state index is 5.34. The van der Waals surface area contributed by atoms with Crippen LogP contribution in [-0.4, -0.2) is 37.7 Å². The molecule has 0 N–H and O–H groups in total. The smallest absolute Gasteiger partial charge is 0.0856 e. The predicted octanol–water partition coefficient (Wildman–Crippen LogP) is 2.97. The monoisotopic (exact) mass is 254 g/mol. The molecule has 2 heterocycles. The number of hydrogen-bond donors (Lipinski definition) is 0. The van der Waals surface area contributed by atoms with E-state index in [1.54, 1.807) is 0 Å². The van der Waals surface area contributed by atoms with Crippen LogP contribution in [0.4, 0.5) is 0 Å². The van der Waals surface area contributed by atoms with Crippen molar-refractivity contribution in [3.05, 3.63) is 30.3 Å². The van der Waals surface area contributed by atoms with E-state index in [1.807, 2.05) is 11.4 Å². The number of hydrogen-bond acceptors (Lipinski definition) is 3. The van der Waals surface area contributed by atoms with E-state index in [4.69, 9.17) is 9.47 Å². The predicted molar refractivity (Wildman–Crippen MR) is 68.4 cm³/mol. The van der Waals surface area contributed by atoms with Crippen molar-refractivity contribution in [3.63, 3.8) is 0 Å². The Morgan fingerprint density at radius 3 is 2.12 bits per heavy atom. The Kier molecular flexibility index (Phi) is 3.49. The van der Waals surface area contributed by atoms with Gasteiger partial charge in [-0.1, -0.05) is 29.6 Å². The van der Waals surface area contributed by atoms with Crippen LogP contribution in [0.3, 0.4) is 0 Å². The Balaban J connectivity index is 1.57. The van der Waals surface area contributed by atoms with Crippen LogP contribution in [-0.2, 0) is 9.47 Å². The van der Waals surface area contributed by atoms with Crippen LogP contribution in [0.15, 0.2) is 35.2 Å². The fraction of sp³-hybridized carbons (Fsp3) is 0.500. The molecular weight excluding hydrogens is 239 g/mol. The molecule has 2 atom stereocenters. The van der Waals surface area contributed by atoms with Gasteiger partial charge in [0.05, 0.1) is 25.4 Å². The lowest BCUT2D eigenvalue weighted by molar-refractivity contribution is 0.421. The van der Waals surface area contributed by atoms with Gasteiger partial charge in [-0.15, -0.1) is 0 Å². The summed E-state index contributed by atoms with van der Waals surface area (Å²) in [6, 6.07) is 10.7. The third kappa shape index (κ3) is 3.46. The minimum absolute atomic E-state index is 0.0242. The highest BCUT2D eigenvalue weighted by atomic mass is 32.7. The van der Waals surface area contributed by atoms with Gasteiger partial charge in [-0.05, 0) is 19.3 Å². The van der Waals surface area contributed by atoms with Crippen LogP contribution in [0.25, 0.3) is 0 Å². The van der Waals surface area contributed by atoms with Crippen molar-refractivity contribution in [2.75, 3.05) is 25.5 Å². The van der Waals surface area contributed by atoms with E-state index in [2.05, 4.69) is 30.3 Å². The lowest BCUT2D eigenvalue weighted by atomic mass is 10.4. The molecule has 0 amide bonds. The van der Waals surface area contributed by atoms with E-state index in [0.29, 0.717) is 12.2 Å². The van der Waals surface area contributed by atoms with Gasteiger partial charge in [-0.25, -0.2) is 0 Å². The molecule has 2 aliphatic rings. The topological polar surface area (TPSA) is 25.1 Å². The highest BCUT2D eigenvalue weighted by Crippen LogP contribution is 2.56. The van der Waals surface area contributed by atoms with Crippen LogP contribution < -0.4 is 0 Å². The molecule has 1 aromatic rings. The second-order valence-electron chi connectivity index (χ2n) is 4.16. The molecule has 2 aliphatic heterocycles. The highest BCUT2D eigenvalue weighted by Gasteiger charge is 2.32. The fourth-order valence-corrected chi connectivity index (χ4v) is 6.49. The minimum atomic E-state index is -0.0242. The molecule has 2 saturated heterocycles. The van der Waals surface area contributed by atoms with Gasteiger partial charge < -0.3 is 9.47 Å². The molecule has 2 nitrogen and oxygen atoms in total. The number of rotatable bonds is 6. The average Bonchev–Trinajstić information content (AvgIpc) is 3.15. The molecule has 2 unspecified atom stereocenters. The van der Waals surface area contributed by atoms with E-state index in [0.717, 1.165) is 13.2 Å². The second kappa shape index (κ2) is 5.05. The summed E-state index contributed by atoms with van der Waals surface area (Å²) in [6.07, 6.45) is 3.55. The quantitative estimate of drug-likeness (QED) is 0.576. The van der Waals surface area contributed by atoms with Crippen molar-refractivity contribution in [2.24, 2.45) is 0 Å². The third-order valence-corrected chi connectivity index (χ3v) is 7.27. The molecule has 2 fully saturated rings. The van der Waals surface area contributed by atoms with Gasteiger partial charge in [-0.3, -0.25) is 0 Å². The standard InChI is InChI=1S/C12H15O2PS/c1-2-4-12(5-3-1)16-15(8-10-6-13-10)9-11-7-14-11/h1-5,10-11H,6-9H2. The van der Waals surface area contributed by atoms with Crippen molar-refractivity contribution < 1.29 is 9.47 Å². The molecule has 0 aliphatic carbocycles. The van der Waals surface area contributed by atoms with E-state index in [-0.39, 0.29) is 7.12 Å². The zero-order chi connectivity index (χ0) is 10.8. The van der Waals surface area contributed by atoms with E-state index < -0.39 is 0 Å². The van der Waals surface area contributed by atoms with Crippen molar-refractivity contribution in [1.29, 1.82) is 0 Å². The average molecular weight is 254 g/mol. The van der Waals surface area contributed by atoms with E-state index in [9.17, 15) is 0 Å². The summed E-state index contributed by atoms with van der Waals surface area (Å²) >= 11 is 2.03. The summed E-state index contributed by atoms with van der Waals surface area (Å²) in [4.78, 5) is 1.38. The maximum Gasteiger partial charge on any atom is 0.0856 e. The Labute approximate surface area is 101 Å². The maximum atomic E-state index is 5.34. The van der Waals surface area contributed by atoms with E-state index >= 15 is 0 Å². The van der Waals surface area contributed by atoms with Crippen molar-refractivity contribution in [1.82, 2.24) is 0 Å². The fourth-order valence-electron chi connectivity index (χ4n) is 1.58. The molecule has 0 bridgehead atoms. The highest BCUT2D eigenvalue weighted by molar-refractivity contribution is 8.55. The molecule has 16 heavy (non-hydrogen) atoms. The Hall–Kier alpha value is -0.0800. The largest absolute Gasteiger partial charge is 0.373 e. The molecule has 86 valence electrons. The summed E-state index contributed by atoms with van der Waals surface area (Å²) in [5.41, 5.74) is 0. The first-order valence-electron chi connectivity index (χ1n) is 5.61. The first-order chi connectivity index (χ1) is 7.90.